The topological polar surface area (TPSA) is 96.8 Å². The molecular formula is C27H25FN2O5. The Hall–Kier alpha value is -3.91. The number of aromatic nitrogens is 1. The summed E-state index contributed by atoms with van der Waals surface area (Å²) >= 11 is 0. The van der Waals surface area contributed by atoms with Gasteiger partial charge in [0.15, 0.2) is 5.78 Å². The molecule has 0 aliphatic carbocycles. The Labute approximate surface area is 202 Å². The number of ketones is 1. The number of Topliss-reactive ketones (excluding diaryl/α,β-unsaturated/α-hetero) is 1. The molecule has 2 heterocycles. The van der Waals surface area contributed by atoms with E-state index in [9.17, 15) is 23.9 Å². The number of pyridine rings is 1. The van der Waals surface area contributed by atoms with Crippen LogP contribution in [0.3, 0.4) is 0 Å². The van der Waals surface area contributed by atoms with Gasteiger partial charge in [0.25, 0.3) is 0 Å². The summed E-state index contributed by atoms with van der Waals surface area (Å²) in [7, 11) is 1.34. The van der Waals surface area contributed by atoms with E-state index in [1.165, 1.54) is 42.5 Å². The number of rotatable bonds is 7. The highest BCUT2D eigenvalue weighted by molar-refractivity contribution is 6.01. The number of aryl methyl sites for hydroxylation is 1. The molecule has 4 atom stereocenters. The van der Waals surface area contributed by atoms with Crippen molar-refractivity contribution in [1.29, 1.82) is 0 Å². The lowest BCUT2D eigenvalue weighted by Gasteiger charge is -2.30. The van der Waals surface area contributed by atoms with Crippen LogP contribution < -0.4 is 0 Å². The van der Waals surface area contributed by atoms with E-state index in [2.05, 4.69) is 4.98 Å². The van der Waals surface area contributed by atoms with E-state index in [4.69, 9.17) is 4.74 Å². The molecule has 1 fully saturated rings. The highest BCUT2D eigenvalue weighted by atomic mass is 19.1. The number of methoxy groups -OCH3 is 1. The van der Waals surface area contributed by atoms with Gasteiger partial charge in [-0.3, -0.25) is 14.6 Å². The first-order chi connectivity index (χ1) is 16.8. The Morgan fingerprint density at radius 1 is 1.06 bits per heavy atom. The molecule has 1 aliphatic heterocycles. The molecule has 0 saturated carbocycles. The molecule has 7 nitrogen and oxygen atoms in total. The van der Waals surface area contributed by atoms with Gasteiger partial charge in [-0.1, -0.05) is 42.0 Å². The van der Waals surface area contributed by atoms with Gasteiger partial charge in [-0.15, -0.1) is 0 Å². The van der Waals surface area contributed by atoms with Crippen LogP contribution >= 0.6 is 0 Å². The van der Waals surface area contributed by atoms with E-state index < -0.39 is 41.6 Å². The molecule has 1 aliphatic rings. The number of amides is 1. The minimum atomic E-state index is -1.38. The summed E-state index contributed by atoms with van der Waals surface area (Å²) in [5, 5.41) is 10.3. The maximum atomic E-state index is 14.1. The SMILES string of the molecule is COCC(=O)N1C(C(=O)O)C(c2ccc(F)cc2)C(C(=O)c2cccc(C)c2)C1c1cccnc1. The Kier molecular flexibility index (Phi) is 7.02. The predicted octanol–water partition coefficient (Wildman–Crippen LogP) is 3.79. The Bertz CT molecular complexity index is 1230. The molecule has 1 saturated heterocycles. The number of carbonyl (C=O) groups is 3. The van der Waals surface area contributed by atoms with Crippen molar-refractivity contribution in [1.82, 2.24) is 9.88 Å². The summed E-state index contributed by atoms with van der Waals surface area (Å²) in [6.07, 6.45) is 3.09. The summed E-state index contributed by atoms with van der Waals surface area (Å²) in [5.41, 5.74) is 2.25. The number of carboxylic acid groups (broad SMARTS) is 1. The third-order valence-corrected chi connectivity index (χ3v) is 6.36. The molecular weight excluding hydrogens is 451 g/mol. The molecule has 2 aromatic carbocycles. The predicted molar refractivity (Wildman–Crippen MR) is 125 cm³/mol. The second-order valence-electron chi connectivity index (χ2n) is 8.59. The fourth-order valence-corrected chi connectivity index (χ4v) is 4.98. The van der Waals surface area contributed by atoms with Crippen LogP contribution in [0.1, 0.15) is 39.0 Å². The zero-order valence-electron chi connectivity index (χ0n) is 19.3. The van der Waals surface area contributed by atoms with Crippen LogP contribution in [-0.2, 0) is 14.3 Å². The van der Waals surface area contributed by atoms with E-state index >= 15 is 0 Å². The minimum absolute atomic E-state index is 0.309. The molecule has 1 amide bonds. The van der Waals surface area contributed by atoms with Crippen molar-refractivity contribution in [2.24, 2.45) is 5.92 Å². The molecule has 0 spiro atoms. The smallest absolute Gasteiger partial charge is 0.327 e. The zero-order chi connectivity index (χ0) is 25.1. The number of benzene rings is 2. The normalized spacial score (nSPS) is 21.6. The standard InChI is InChI=1S/C27H25FN2O5/c1-16-5-3-6-18(13-16)26(32)23-22(17-8-10-20(28)11-9-17)25(27(33)34)30(21(31)15-35-2)24(23)19-7-4-12-29-14-19/h3-14,22-25H,15H2,1-2H3,(H,33,34). The number of likely N-dealkylation sites (tertiary alicyclic amines) is 1. The fourth-order valence-electron chi connectivity index (χ4n) is 4.98. The lowest BCUT2D eigenvalue weighted by molar-refractivity contribution is -0.151. The molecule has 1 N–H and O–H groups in total. The van der Waals surface area contributed by atoms with Crippen molar-refractivity contribution in [3.05, 3.63) is 101 Å². The average molecular weight is 477 g/mol. The lowest BCUT2D eigenvalue weighted by atomic mass is 9.76. The number of ether oxygens (including phenoxy) is 1. The number of halogens is 1. The maximum absolute atomic E-state index is 14.1. The summed E-state index contributed by atoms with van der Waals surface area (Å²) in [4.78, 5) is 45.4. The Morgan fingerprint density at radius 3 is 2.40 bits per heavy atom. The van der Waals surface area contributed by atoms with E-state index in [1.807, 2.05) is 13.0 Å². The number of hydrogen-bond donors (Lipinski definition) is 1. The number of carbonyl (C=O) groups excluding carboxylic acids is 2. The highest BCUT2D eigenvalue weighted by Gasteiger charge is 2.57. The largest absolute Gasteiger partial charge is 0.480 e. The van der Waals surface area contributed by atoms with Crippen molar-refractivity contribution >= 4 is 17.7 Å². The number of nitrogens with zero attached hydrogens (tertiary/aromatic N) is 2. The van der Waals surface area contributed by atoms with Crippen LogP contribution in [0.25, 0.3) is 0 Å². The monoisotopic (exact) mass is 476 g/mol. The molecule has 4 unspecified atom stereocenters. The number of aliphatic carboxylic acids is 1. The van der Waals surface area contributed by atoms with Gasteiger partial charge in [0.05, 0.1) is 12.0 Å². The molecule has 180 valence electrons. The van der Waals surface area contributed by atoms with Gasteiger partial charge in [-0.05, 0) is 42.3 Å². The highest BCUT2D eigenvalue weighted by Crippen LogP contribution is 2.51. The second kappa shape index (κ2) is 10.1. The van der Waals surface area contributed by atoms with Gasteiger partial charge in [-0.25, -0.2) is 9.18 Å². The summed E-state index contributed by atoms with van der Waals surface area (Å²) < 4.78 is 18.8. The lowest BCUT2D eigenvalue weighted by Crippen LogP contribution is -2.45. The molecule has 3 aromatic rings. The van der Waals surface area contributed by atoms with E-state index in [0.717, 1.165) is 5.56 Å². The van der Waals surface area contributed by atoms with Crippen molar-refractivity contribution in [2.45, 2.75) is 24.9 Å². The van der Waals surface area contributed by atoms with Gasteiger partial charge in [-0.2, -0.15) is 0 Å². The van der Waals surface area contributed by atoms with Crippen LogP contribution in [-0.4, -0.2) is 52.4 Å². The van der Waals surface area contributed by atoms with Crippen LogP contribution in [0, 0.1) is 18.7 Å². The van der Waals surface area contributed by atoms with Gasteiger partial charge < -0.3 is 14.7 Å². The first-order valence-corrected chi connectivity index (χ1v) is 11.1. The Morgan fingerprint density at radius 2 is 1.80 bits per heavy atom. The van der Waals surface area contributed by atoms with Crippen LogP contribution in [0.2, 0.25) is 0 Å². The van der Waals surface area contributed by atoms with Gasteiger partial charge in [0, 0.05) is 31.0 Å². The summed E-state index contributed by atoms with van der Waals surface area (Å²) in [5.74, 6) is -4.54. The molecule has 35 heavy (non-hydrogen) atoms. The van der Waals surface area contributed by atoms with Crippen molar-refractivity contribution in [3.63, 3.8) is 0 Å². The van der Waals surface area contributed by atoms with Crippen LogP contribution in [0.5, 0.6) is 0 Å². The second-order valence-corrected chi connectivity index (χ2v) is 8.59. The zero-order valence-corrected chi connectivity index (χ0v) is 19.3. The van der Waals surface area contributed by atoms with Gasteiger partial charge >= 0.3 is 5.97 Å². The first kappa shape index (κ1) is 24.2. The van der Waals surface area contributed by atoms with Crippen molar-refractivity contribution < 1.29 is 28.6 Å². The average Bonchev–Trinajstić information content (AvgIpc) is 3.21. The quantitative estimate of drug-likeness (QED) is 0.521. The summed E-state index contributed by atoms with van der Waals surface area (Å²) in [6.45, 7) is 1.50. The molecule has 4 rings (SSSR count). The van der Waals surface area contributed by atoms with Crippen molar-refractivity contribution in [3.8, 4) is 0 Å². The van der Waals surface area contributed by atoms with Gasteiger partial charge in [0.1, 0.15) is 18.5 Å². The molecule has 0 radical (unpaired) electrons. The molecule has 0 bridgehead atoms. The summed E-state index contributed by atoms with van der Waals surface area (Å²) in [6, 6.07) is 13.5. The fraction of sp³-hybridized carbons (Fsp3) is 0.259. The number of hydrogen-bond acceptors (Lipinski definition) is 5. The third kappa shape index (κ3) is 4.70. The number of carboxylic acids is 1. The molecule has 8 heteroatoms. The van der Waals surface area contributed by atoms with Crippen molar-refractivity contribution in [2.75, 3.05) is 13.7 Å². The Balaban J connectivity index is 1.98. The van der Waals surface area contributed by atoms with E-state index in [-0.39, 0.29) is 12.4 Å². The van der Waals surface area contributed by atoms with E-state index in [1.54, 1.807) is 36.5 Å². The third-order valence-electron chi connectivity index (χ3n) is 6.36. The maximum Gasteiger partial charge on any atom is 0.327 e. The minimum Gasteiger partial charge on any atom is -0.480 e. The van der Waals surface area contributed by atoms with Crippen LogP contribution in [0.4, 0.5) is 4.39 Å². The molecule has 1 aromatic heterocycles. The van der Waals surface area contributed by atoms with Gasteiger partial charge in [0.2, 0.25) is 5.91 Å². The van der Waals surface area contributed by atoms with E-state index in [0.29, 0.717) is 16.7 Å². The van der Waals surface area contributed by atoms with Crippen LogP contribution in [0.15, 0.2) is 73.1 Å². The first-order valence-electron chi connectivity index (χ1n) is 11.1.